The van der Waals surface area contributed by atoms with Crippen LogP contribution in [0.4, 0.5) is 11.4 Å². The Morgan fingerprint density at radius 1 is 0.667 bits per heavy atom. The van der Waals surface area contributed by atoms with Gasteiger partial charge in [0.05, 0.1) is 55.5 Å². The molecule has 69 heavy (non-hydrogen) atoms. The van der Waals surface area contributed by atoms with Crippen molar-refractivity contribution in [3.05, 3.63) is 143 Å². The van der Waals surface area contributed by atoms with Gasteiger partial charge < -0.3 is 34.6 Å². The van der Waals surface area contributed by atoms with Gasteiger partial charge in [-0.2, -0.15) is 12.6 Å². The first kappa shape index (κ1) is 56.9. The molecule has 4 unspecified atom stereocenters. The summed E-state index contributed by atoms with van der Waals surface area (Å²) in [4.78, 5) is 54.4. The number of benzene rings is 4. The van der Waals surface area contributed by atoms with Crippen LogP contribution in [-0.2, 0) is 46.5 Å². The van der Waals surface area contributed by atoms with E-state index in [1.54, 1.807) is 20.6 Å². The Balaban J connectivity index is 0.000000297. The van der Waals surface area contributed by atoms with Crippen molar-refractivity contribution in [2.75, 3.05) is 55.9 Å². The highest BCUT2D eigenvalue weighted by molar-refractivity contribution is 8.79. The first-order valence-corrected chi connectivity index (χ1v) is 26.3. The van der Waals surface area contributed by atoms with E-state index >= 15 is 0 Å². The molecule has 2 N–H and O–H groups in total. The Kier molecular flexibility index (Phi) is 26.0. The minimum atomic E-state index is -0.349. The Hall–Kier alpha value is -4.67. The summed E-state index contributed by atoms with van der Waals surface area (Å²) >= 11 is 8.61. The number of hydrogen-bond acceptors (Lipinski definition) is 11. The molecule has 0 fully saturated rings. The summed E-state index contributed by atoms with van der Waals surface area (Å²) in [5, 5.41) is 5.54. The molecule has 0 spiro atoms. The van der Waals surface area contributed by atoms with Crippen molar-refractivity contribution in [3.63, 3.8) is 0 Å². The monoisotopic (exact) mass is 1030 g/mol. The second-order valence-corrected chi connectivity index (χ2v) is 21.0. The Morgan fingerprint density at radius 2 is 1.12 bits per heavy atom. The Morgan fingerprint density at radius 3 is 1.61 bits per heavy atom. The lowest BCUT2D eigenvalue weighted by atomic mass is 10.0. The standard InChI is InChI=1S/C27H31N2O3P.C25H28N2O4S4.CH4/c1-2-3-11-24(33)15-17-32-18-16-28-26(30)19-27(31)29-20-23-10-5-4-8-21(23)13-14-22-9-6-7-12-25(22)29;1-18(32)34-35-25(33)31-15-14-30-13-12-26-23(28)16-24(29)27-17-21-8-3-2-6-19(21)10-11-20-7-4-5-9-22(20)27;/h2-10,12,24H,11,15-20,33H2,1H3,(H,28,30);2-9,18,25,32-33H,12-17H2,1H3,(H,26,28);1H4. The number of rotatable bonds is 22. The molecule has 2 aliphatic rings. The van der Waals surface area contributed by atoms with E-state index in [1.807, 2.05) is 117 Å². The molecule has 0 aliphatic carbocycles. The van der Waals surface area contributed by atoms with E-state index in [1.165, 1.54) is 10.8 Å². The molecular weight excluding hydrogens is 964 g/mol. The van der Waals surface area contributed by atoms with Crippen LogP contribution in [-0.4, -0.2) is 84.8 Å². The van der Waals surface area contributed by atoms with Crippen LogP contribution in [0.1, 0.15) is 80.3 Å². The molecule has 366 valence electrons. The van der Waals surface area contributed by atoms with Crippen LogP contribution in [0.15, 0.2) is 109 Å². The minimum Gasteiger partial charge on any atom is -0.380 e. The summed E-state index contributed by atoms with van der Waals surface area (Å²) < 4.78 is 16.6. The van der Waals surface area contributed by atoms with Crippen LogP contribution in [0.5, 0.6) is 0 Å². The minimum absolute atomic E-state index is 0. The highest BCUT2D eigenvalue weighted by atomic mass is 33.1. The van der Waals surface area contributed by atoms with Crippen LogP contribution in [0.2, 0.25) is 0 Å². The molecule has 11 nitrogen and oxygen atoms in total. The smallest absolute Gasteiger partial charge is 0.236 e. The number of anilines is 2. The van der Waals surface area contributed by atoms with E-state index < -0.39 is 0 Å². The average molecular weight is 1030 g/mol. The molecule has 4 atom stereocenters. The third-order valence-electron chi connectivity index (χ3n) is 10.2. The fourth-order valence-corrected chi connectivity index (χ4v) is 9.40. The van der Waals surface area contributed by atoms with Crippen LogP contribution in [0, 0.1) is 23.7 Å². The summed E-state index contributed by atoms with van der Waals surface area (Å²) in [6, 6.07) is 30.6. The van der Waals surface area contributed by atoms with E-state index in [0.717, 1.165) is 51.9 Å². The van der Waals surface area contributed by atoms with Crippen molar-refractivity contribution in [2.45, 2.75) is 75.1 Å². The molecule has 0 saturated heterocycles. The number of amides is 4. The van der Waals surface area contributed by atoms with Crippen molar-refractivity contribution in [1.82, 2.24) is 10.6 Å². The number of ether oxygens (including phenoxy) is 3. The van der Waals surface area contributed by atoms with Crippen LogP contribution >= 0.6 is 56.1 Å². The quantitative estimate of drug-likeness (QED) is 0.00893. The van der Waals surface area contributed by atoms with E-state index in [-0.39, 0.29) is 53.2 Å². The van der Waals surface area contributed by atoms with Gasteiger partial charge in [0.15, 0.2) is 4.77 Å². The number of carbonyl (C=O) groups excluding carboxylic acids is 4. The van der Waals surface area contributed by atoms with Crippen LogP contribution < -0.4 is 20.4 Å². The Bertz CT molecular complexity index is 2470. The normalized spacial score (nSPS) is 13.3. The third kappa shape index (κ3) is 19.9. The van der Waals surface area contributed by atoms with Crippen molar-refractivity contribution in [2.24, 2.45) is 0 Å². The number of nitrogens with one attached hydrogen (secondary N) is 2. The summed E-state index contributed by atoms with van der Waals surface area (Å²) in [7, 11) is 5.90. The number of fused-ring (bicyclic) bond motifs is 4. The maximum atomic E-state index is 13.1. The van der Waals surface area contributed by atoms with Gasteiger partial charge in [-0.3, -0.25) is 19.2 Å². The Labute approximate surface area is 429 Å². The van der Waals surface area contributed by atoms with E-state index in [4.69, 9.17) is 14.2 Å². The number of allylic oxidation sites excluding steroid dienone is 2. The summed E-state index contributed by atoms with van der Waals surface area (Å²) in [6.45, 7) is 7.60. The van der Waals surface area contributed by atoms with Crippen LogP contribution in [0.3, 0.4) is 0 Å². The van der Waals surface area contributed by atoms with Crippen molar-refractivity contribution in [3.8, 4) is 23.7 Å². The fourth-order valence-electron chi connectivity index (χ4n) is 6.76. The average Bonchev–Trinajstić information content (AvgIpc) is 3.32. The molecule has 0 saturated carbocycles. The highest BCUT2D eigenvalue weighted by Crippen LogP contribution is 2.34. The molecule has 0 radical (unpaired) electrons. The molecular formula is C53H63N4O7PS4. The van der Waals surface area contributed by atoms with Gasteiger partial charge in [0.1, 0.15) is 12.8 Å². The largest absolute Gasteiger partial charge is 0.380 e. The van der Waals surface area contributed by atoms with E-state index in [0.29, 0.717) is 70.6 Å². The van der Waals surface area contributed by atoms with E-state index in [9.17, 15) is 19.2 Å². The second kappa shape index (κ2) is 31.5. The van der Waals surface area contributed by atoms with Gasteiger partial charge in [-0.05, 0) is 79.9 Å². The molecule has 4 aromatic carbocycles. The molecule has 6 rings (SSSR count). The van der Waals surface area contributed by atoms with Gasteiger partial charge in [0.25, 0.3) is 0 Å². The maximum Gasteiger partial charge on any atom is 0.236 e. The van der Waals surface area contributed by atoms with Gasteiger partial charge in [-0.15, -0.1) is 21.9 Å². The lowest BCUT2D eigenvalue weighted by molar-refractivity contribution is -0.129. The van der Waals surface area contributed by atoms with E-state index in [2.05, 4.69) is 74.9 Å². The SMILES string of the molecule is C.CC(S)SSC(S)OCCOCCNC(=O)CC(=O)N1Cc2ccccc2C#Cc2ccccc21.CC=CCC(P)CCOCCNC(=O)CC(=O)N1Cc2ccccc2C#Cc2ccccc21. The van der Waals surface area contributed by atoms with Crippen molar-refractivity contribution >= 4 is 91.1 Å². The highest BCUT2D eigenvalue weighted by Gasteiger charge is 2.25. The molecule has 4 amide bonds. The molecule has 4 aromatic rings. The predicted octanol–water partition coefficient (Wildman–Crippen LogP) is 9.04. The third-order valence-corrected chi connectivity index (χ3v) is 14.8. The number of hydrogen-bond donors (Lipinski definition) is 4. The molecule has 2 aliphatic heterocycles. The van der Waals surface area contributed by atoms with Crippen molar-refractivity contribution < 1.29 is 33.4 Å². The van der Waals surface area contributed by atoms with Gasteiger partial charge in [0, 0.05) is 42.0 Å². The summed E-state index contributed by atoms with van der Waals surface area (Å²) in [6.07, 6.45) is 5.67. The number of thiol groups is 2. The molecule has 2 heterocycles. The zero-order chi connectivity index (χ0) is 48.5. The van der Waals surface area contributed by atoms with Crippen molar-refractivity contribution in [1.29, 1.82) is 0 Å². The first-order valence-electron chi connectivity index (χ1n) is 22.4. The number of para-hydroxylation sites is 2. The fraction of sp³-hybridized carbons (Fsp3) is 0.358. The summed E-state index contributed by atoms with van der Waals surface area (Å²) in [5.74, 6) is 11.5. The second-order valence-electron chi connectivity index (χ2n) is 15.4. The molecule has 16 heteroatoms. The lowest BCUT2D eigenvalue weighted by Crippen LogP contribution is -2.37. The zero-order valence-electron chi connectivity index (χ0n) is 38.4. The van der Waals surface area contributed by atoms with Gasteiger partial charge in [-0.1, -0.05) is 126 Å². The molecule has 0 aromatic heterocycles. The van der Waals surface area contributed by atoms with Gasteiger partial charge >= 0.3 is 0 Å². The number of nitrogens with zero attached hydrogens (tertiary/aromatic N) is 2. The van der Waals surface area contributed by atoms with Crippen LogP contribution in [0.25, 0.3) is 0 Å². The summed E-state index contributed by atoms with van der Waals surface area (Å²) in [5.41, 5.74) is 7.13. The maximum absolute atomic E-state index is 13.1. The topological polar surface area (TPSA) is 127 Å². The first-order chi connectivity index (χ1) is 33.0. The number of carbonyl (C=O) groups is 4. The predicted molar refractivity (Wildman–Crippen MR) is 294 cm³/mol. The zero-order valence-corrected chi connectivity index (χ0v) is 42.9. The lowest BCUT2D eigenvalue weighted by Gasteiger charge is -2.25. The van der Waals surface area contributed by atoms with Gasteiger partial charge in [0.2, 0.25) is 23.6 Å². The molecule has 0 bridgehead atoms. The van der Waals surface area contributed by atoms with Gasteiger partial charge in [-0.25, -0.2) is 0 Å².